The highest BCUT2D eigenvalue weighted by atomic mass is 32.1. The van der Waals surface area contributed by atoms with Crippen LogP contribution in [0, 0.1) is 5.41 Å². The average Bonchev–Trinajstić information content (AvgIpc) is 2.73. The van der Waals surface area contributed by atoms with E-state index in [1.165, 1.54) is 11.3 Å². The number of ether oxygens (including phenoxy) is 2. The van der Waals surface area contributed by atoms with E-state index in [2.05, 4.69) is 10.3 Å². The molecule has 0 atom stereocenters. The maximum atomic E-state index is 11.5. The van der Waals surface area contributed by atoms with Crippen molar-refractivity contribution >= 4 is 23.3 Å². The molecule has 6 nitrogen and oxygen atoms in total. The molecule has 1 rings (SSSR count). The Labute approximate surface area is 116 Å². The fourth-order valence-corrected chi connectivity index (χ4v) is 1.89. The van der Waals surface area contributed by atoms with Crippen molar-refractivity contribution in [1.29, 1.82) is 5.41 Å². The van der Waals surface area contributed by atoms with Crippen LogP contribution >= 0.6 is 11.3 Å². The van der Waals surface area contributed by atoms with Crippen molar-refractivity contribution in [3.05, 3.63) is 16.1 Å². The SMILES string of the molecule is CCOC(=N)c1csc(CNC(=O)OC(C)(C)C)n1. The number of nitrogens with zero attached hydrogens (tertiary/aromatic N) is 1. The summed E-state index contributed by atoms with van der Waals surface area (Å²) in [7, 11) is 0. The van der Waals surface area contributed by atoms with Crippen LogP contribution in [-0.2, 0) is 16.0 Å². The Morgan fingerprint density at radius 2 is 2.21 bits per heavy atom. The third-order valence-corrected chi connectivity index (χ3v) is 2.70. The smallest absolute Gasteiger partial charge is 0.408 e. The first-order valence-electron chi connectivity index (χ1n) is 5.95. The van der Waals surface area contributed by atoms with Gasteiger partial charge >= 0.3 is 6.09 Å². The van der Waals surface area contributed by atoms with E-state index in [0.29, 0.717) is 17.3 Å². The number of thiazole rings is 1. The second kappa shape index (κ2) is 6.51. The number of carbonyl (C=O) groups is 1. The second-order valence-corrected chi connectivity index (χ2v) is 5.69. The molecule has 0 bridgehead atoms. The minimum Gasteiger partial charge on any atom is -0.477 e. The van der Waals surface area contributed by atoms with E-state index in [0.717, 1.165) is 0 Å². The van der Waals surface area contributed by atoms with Gasteiger partial charge in [-0.1, -0.05) is 0 Å². The summed E-state index contributed by atoms with van der Waals surface area (Å²) in [6, 6.07) is 0. The van der Waals surface area contributed by atoms with Crippen molar-refractivity contribution in [2.75, 3.05) is 6.61 Å². The highest BCUT2D eigenvalue weighted by Gasteiger charge is 2.16. The van der Waals surface area contributed by atoms with E-state index in [4.69, 9.17) is 14.9 Å². The lowest BCUT2D eigenvalue weighted by molar-refractivity contribution is 0.0523. The van der Waals surface area contributed by atoms with Gasteiger partial charge in [-0.3, -0.25) is 5.41 Å². The van der Waals surface area contributed by atoms with Crippen LogP contribution in [-0.4, -0.2) is 29.2 Å². The number of nitrogens with one attached hydrogen (secondary N) is 2. The van der Waals surface area contributed by atoms with Gasteiger partial charge in [0.05, 0.1) is 13.2 Å². The molecule has 0 radical (unpaired) electrons. The zero-order valence-electron chi connectivity index (χ0n) is 11.6. The van der Waals surface area contributed by atoms with Gasteiger partial charge in [-0.2, -0.15) is 0 Å². The molecule has 106 valence electrons. The summed E-state index contributed by atoms with van der Waals surface area (Å²) >= 11 is 1.36. The number of alkyl carbamates (subject to hydrolysis) is 1. The highest BCUT2D eigenvalue weighted by Crippen LogP contribution is 2.11. The van der Waals surface area contributed by atoms with E-state index in [-0.39, 0.29) is 12.4 Å². The maximum Gasteiger partial charge on any atom is 0.408 e. The van der Waals surface area contributed by atoms with Gasteiger partial charge < -0.3 is 14.8 Å². The molecule has 0 saturated heterocycles. The number of rotatable bonds is 4. The standard InChI is InChI=1S/C12H19N3O3S/c1-5-17-10(13)8-7-19-9(15-8)6-14-11(16)18-12(2,3)4/h7,13H,5-6H2,1-4H3,(H,14,16). The number of hydrogen-bond donors (Lipinski definition) is 2. The lowest BCUT2D eigenvalue weighted by Gasteiger charge is -2.19. The van der Waals surface area contributed by atoms with Gasteiger partial charge in [-0.25, -0.2) is 9.78 Å². The Kier molecular flexibility index (Phi) is 5.29. The minimum atomic E-state index is -0.519. The van der Waals surface area contributed by atoms with Crippen LogP contribution in [0.1, 0.15) is 38.4 Å². The average molecular weight is 285 g/mol. The van der Waals surface area contributed by atoms with Gasteiger partial charge in [-0.05, 0) is 27.7 Å². The van der Waals surface area contributed by atoms with Crippen LogP contribution in [0.4, 0.5) is 4.79 Å². The van der Waals surface area contributed by atoms with Crippen LogP contribution in [0.5, 0.6) is 0 Å². The van der Waals surface area contributed by atoms with Crippen molar-refractivity contribution in [3.63, 3.8) is 0 Å². The van der Waals surface area contributed by atoms with Crippen LogP contribution in [0.3, 0.4) is 0 Å². The molecule has 0 aliphatic heterocycles. The molecule has 1 amide bonds. The fourth-order valence-electron chi connectivity index (χ4n) is 1.18. The zero-order valence-corrected chi connectivity index (χ0v) is 12.4. The summed E-state index contributed by atoms with van der Waals surface area (Å²) in [5.41, 5.74) is -0.0392. The summed E-state index contributed by atoms with van der Waals surface area (Å²) in [6.07, 6.45) is -0.482. The van der Waals surface area contributed by atoms with Gasteiger partial charge in [0.2, 0.25) is 5.90 Å². The van der Waals surface area contributed by atoms with E-state index in [9.17, 15) is 4.79 Å². The largest absolute Gasteiger partial charge is 0.477 e. The van der Waals surface area contributed by atoms with E-state index >= 15 is 0 Å². The molecular weight excluding hydrogens is 266 g/mol. The van der Waals surface area contributed by atoms with Crippen molar-refractivity contribution in [1.82, 2.24) is 10.3 Å². The van der Waals surface area contributed by atoms with Crippen molar-refractivity contribution in [3.8, 4) is 0 Å². The second-order valence-electron chi connectivity index (χ2n) is 4.74. The minimum absolute atomic E-state index is 0.0438. The maximum absolute atomic E-state index is 11.5. The molecule has 0 aliphatic carbocycles. The van der Waals surface area contributed by atoms with Crippen molar-refractivity contribution in [2.45, 2.75) is 39.8 Å². The van der Waals surface area contributed by atoms with Crippen LogP contribution in [0.2, 0.25) is 0 Å². The normalized spacial score (nSPS) is 10.9. The molecule has 0 spiro atoms. The number of hydrogen-bond acceptors (Lipinski definition) is 6. The molecule has 19 heavy (non-hydrogen) atoms. The first-order chi connectivity index (χ1) is 8.81. The van der Waals surface area contributed by atoms with Crippen molar-refractivity contribution < 1.29 is 14.3 Å². The Bertz CT molecular complexity index is 451. The number of aromatic nitrogens is 1. The summed E-state index contributed by atoms with van der Waals surface area (Å²) in [6.45, 7) is 7.93. The predicted octanol–water partition coefficient (Wildman–Crippen LogP) is 2.53. The lowest BCUT2D eigenvalue weighted by Crippen LogP contribution is -2.32. The molecule has 1 aromatic heterocycles. The number of carbonyl (C=O) groups excluding carboxylic acids is 1. The zero-order chi connectivity index (χ0) is 14.5. The van der Waals surface area contributed by atoms with E-state index in [1.807, 2.05) is 6.92 Å². The molecule has 0 unspecified atom stereocenters. The van der Waals surface area contributed by atoms with E-state index in [1.54, 1.807) is 26.2 Å². The Morgan fingerprint density at radius 3 is 2.79 bits per heavy atom. The molecule has 2 N–H and O–H groups in total. The van der Waals surface area contributed by atoms with Gasteiger partial charge in [0.25, 0.3) is 0 Å². The Hall–Kier alpha value is -1.63. The summed E-state index contributed by atoms with van der Waals surface area (Å²) in [5.74, 6) is 0.0438. The topological polar surface area (TPSA) is 84.3 Å². The van der Waals surface area contributed by atoms with Gasteiger partial charge in [0.1, 0.15) is 16.3 Å². The monoisotopic (exact) mass is 285 g/mol. The van der Waals surface area contributed by atoms with Gasteiger partial charge in [0.15, 0.2) is 0 Å². The molecule has 1 aromatic rings. The van der Waals surface area contributed by atoms with E-state index < -0.39 is 11.7 Å². The third kappa shape index (κ3) is 5.69. The van der Waals surface area contributed by atoms with Crippen molar-refractivity contribution in [2.24, 2.45) is 0 Å². The first-order valence-corrected chi connectivity index (χ1v) is 6.82. The molecule has 7 heteroatoms. The van der Waals surface area contributed by atoms with Crippen LogP contribution in [0.25, 0.3) is 0 Å². The van der Waals surface area contributed by atoms with Gasteiger partial charge in [-0.15, -0.1) is 11.3 Å². The predicted molar refractivity (Wildman–Crippen MR) is 73.6 cm³/mol. The number of amides is 1. The lowest BCUT2D eigenvalue weighted by atomic mass is 10.2. The van der Waals surface area contributed by atoms with Crippen LogP contribution < -0.4 is 5.32 Å². The fraction of sp³-hybridized carbons (Fsp3) is 0.583. The molecule has 0 saturated carbocycles. The summed E-state index contributed by atoms with van der Waals surface area (Å²) < 4.78 is 10.2. The first kappa shape index (κ1) is 15.4. The molecule has 0 aliphatic rings. The highest BCUT2D eigenvalue weighted by molar-refractivity contribution is 7.09. The van der Waals surface area contributed by atoms with Crippen LogP contribution in [0.15, 0.2) is 5.38 Å². The molecule has 0 fully saturated rings. The van der Waals surface area contributed by atoms with Gasteiger partial charge in [0, 0.05) is 5.38 Å². The summed E-state index contributed by atoms with van der Waals surface area (Å²) in [4.78, 5) is 15.6. The Morgan fingerprint density at radius 1 is 1.53 bits per heavy atom. The summed E-state index contributed by atoms with van der Waals surface area (Å²) in [5, 5.41) is 12.6. The molecule has 1 heterocycles. The third-order valence-electron chi connectivity index (χ3n) is 1.86. The molecule has 0 aromatic carbocycles. The quantitative estimate of drug-likeness (QED) is 0.657. The Balaban J connectivity index is 2.46. The molecular formula is C12H19N3O3S.